The van der Waals surface area contributed by atoms with E-state index in [0.717, 1.165) is 18.5 Å². The van der Waals surface area contributed by atoms with Gasteiger partial charge in [-0.25, -0.2) is 0 Å². The van der Waals surface area contributed by atoms with Crippen LogP contribution in [0.2, 0.25) is 0 Å². The third-order valence-electron chi connectivity index (χ3n) is 9.37. The molecular weight excluding hydrogens is 831 g/mol. The lowest BCUT2D eigenvalue weighted by Crippen LogP contribution is -2.16. The normalized spacial score (nSPS) is 11.3. The highest BCUT2D eigenvalue weighted by atomic mass is 16.6. The van der Waals surface area contributed by atoms with E-state index in [0.29, 0.717) is 164 Å². The first-order valence-corrected chi connectivity index (χ1v) is 24.1. The van der Waals surface area contributed by atoms with Crippen LogP contribution in [-0.4, -0.2) is 170 Å². The largest absolute Gasteiger partial charge is 0.491 e. The standard InChI is InChI=1S/C48H87NO15/c1-3-4-5-6-7-8-9-10-11-12-13-14-15-16-48(51)64-44-42-62-40-38-60-36-34-58-32-30-56-28-26-54-24-22-52-21-23-53-25-27-55-29-31-57-33-35-59-37-39-61-41-43-63-47-19-17-46(18-20-47)49-45(2)50/h17-20H,3-16,21-44H2,1-2H3,(H,49,50). The average Bonchev–Trinajstić information content (AvgIpc) is 3.29. The van der Waals surface area contributed by atoms with Gasteiger partial charge in [-0.2, -0.15) is 0 Å². The molecule has 0 heterocycles. The van der Waals surface area contributed by atoms with Gasteiger partial charge in [0, 0.05) is 19.0 Å². The molecule has 0 saturated heterocycles. The van der Waals surface area contributed by atoms with Crippen molar-refractivity contribution in [1.82, 2.24) is 0 Å². The lowest BCUT2D eigenvalue weighted by Gasteiger charge is -2.09. The summed E-state index contributed by atoms with van der Waals surface area (Å²) in [6, 6.07) is 7.18. The van der Waals surface area contributed by atoms with E-state index >= 15 is 0 Å². The van der Waals surface area contributed by atoms with Gasteiger partial charge in [-0.1, -0.05) is 84.0 Å². The molecule has 0 radical (unpaired) electrons. The minimum atomic E-state index is -0.136. The van der Waals surface area contributed by atoms with Crippen molar-refractivity contribution in [2.75, 3.05) is 164 Å². The summed E-state index contributed by atoms with van der Waals surface area (Å²) in [6.45, 7) is 14.9. The minimum Gasteiger partial charge on any atom is -0.491 e. The molecule has 0 saturated carbocycles. The average molecular weight is 918 g/mol. The number of rotatable bonds is 52. The molecule has 374 valence electrons. The van der Waals surface area contributed by atoms with Crippen molar-refractivity contribution in [3.8, 4) is 5.75 Å². The molecule has 1 N–H and O–H groups in total. The zero-order chi connectivity index (χ0) is 45.9. The van der Waals surface area contributed by atoms with Crippen LogP contribution in [0, 0.1) is 0 Å². The van der Waals surface area contributed by atoms with Gasteiger partial charge in [0.1, 0.15) is 19.0 Å². The van der Waals surface area contributed by atoms with Crippen LogP contribution in [0.15, 0.2) is 24.3 Å². The lowest BCUT2D eigenvalue weighted by molar-refractivity contribution is -0.145. The predicted octanol–water partition coefficient (Wildman–Crippen LogP) is 7.23. The van der Waals surface area contributed by atoms with Gasteiger partial charge in [-0.3, -0.25) is 9.59 Å². The number of nitrogens with one attached hydrogen (secondary N) is 1. The molecule has 0 aromatic heterocycles. The number of esters is 1. The number of benzene rings is 1. The summed E-state index contributed by atoms with van der Waals surface area (Å²) in [7, 11) is 0. The first kappa shape index (κ1) is 59.5. The molecule has 0 spiro atoms. The van der Waals surface area contributed by atoms with Gasteiger partial charge in [0.15, 0.2) is 0 Å². The highest BCUT2D eigenvalue weighted by molar-refractivity contribution is 5.88. The van der Waals surface area contributed by atoms with Gasteiger partial charge in [-0.15, -0.1) is 0 Å². The topological polar surface area (TPSA) is 166 Å². The highest BCUT2D eigenvalue weighted by Gasteiger charge is 2.04. The highest BCUT2D eigenvalue weighted by Crippen LogP contribution is 2.16. The summed E-state index contributed by atoms with van der Waals surface area (Å²) >= 11 is 0. The van der Waals surface area contributed by atoms with Crippen molar-refractivity contribution in [2.45, 2.75) is 104 Å². The second-order valence-electron chi connectivity index (χ2n) is 15.0. The van der Waals surface area contributed by atoms with E-state index in [2.05, 4.69) is 12.2 Å². The van der Waals surface area contributed by atoms with Crippen LogP contribution in [-0.2, 0) is 66.4 Å². The molecule has 16 nitrogen and oxygen atoms in total. The Labute approximate surface area is 385 Å². The Morgan fingerprint density at radius 3 is 0.969 bits per heavy atom. The summed E-state index contributed by atoms with van der Waals surface area (Å²) in [6.07, 6.45) is 17.3. The van der Waals surface area contributed by atoms with Gasteiger partial charge in [0.25, 0.3) is 0 Å². The monoisotopic (exact) mass is 918 g/mol. The van der Waals surface area contributed by atoms with Gasteiger partial charge in [0.05, 0.1) is 145 Å². The van der Waals surface area contributed by atoms with Gasteiger partial charge in [0.2, 0.25) is 5.91 Å². The summed E-state index contributed by atoms with van der Waals surface area (Å²) in [4.78, 5) is 23.0. The third kappa shape index (κ3) is 46.1. The Kier molecular flexibility index (Phi) is 46.5. The minimum absolute atomic E-state index is 0.110. The Hall–Kier alpha value is -2.48. The first-order valence-electron chi connectivity index (χ1n) is 24.1. The zero-order valence-electron chi connectivity index (χ0n) is 39.8. The maximum atomic E-state index is 11.9. The molecule has 0 aliphatic carbocycles. The molecule has 1 amide bonds. The molecule has 1 aromatic rings. The van der Waals surface area contributed by atoms with Crippen molar-refractivity contribution in [3.05, 3.63) is 24.3 Å². The molecule has 0 aliphatic heterocycles. The van der Waals surface area contributed by atoms with E-state index < -0.39 is 0 Å². The first-order chi connectivity index (χ1) is 31.6. The molecular formula is C48H87NO15. The second kappa shape index (κ2) is 49.9. The van der Waals surface area contributed by atoms with E-state index in [-0.39, 0.29) is 18.5 Å². The van der Waals surface area contributed by atoms with Crippen LogP contribution in [0.3, 0.4) is 0 Å². The number of ether oxygens (including phenoxy) is 13. The molecule has 0 bridgehead atoms. The van der Waals surface area contributed by atoms with Gasteiger partial charge in [-0.05, 0) is 30.7 Å². The summed E-state index contributed by atoms with van der Waals surface area (Å²) < 4.78 is 71.4. The Balaban J connectivity index is 1.64. The maximum absolute atomic E-state index is 11.9. The Morgan fingerprint density at radius 1 is 0.375 bits per heavy atom. The maximum Gasteiger partial charge on any atom is 0.305 e. The van der Waals surface area contributed by atoms with E-state index in [1.807, 2.05) is 0 Å². The van der Waals surface area contributed by atoms with Crippen LogP contribution < -0.4 is 10.1 Å². The fourth-order valence-electron chi connectivity index (χ4n) is 5.93. The fraction of sp³-hybridized carbons (Fsp3) is 0.833. The molecule has 1 rings (SSSR count). The van der Waals surface area contributed by atoms with Crippen LogP contribution >= 0.6 is 0 Å². The number of hydrogen-bond donors (Lipinski definition) is 1. The fourth-order valence-corrected chi connectivity index (χ4v) is 5.93. The molecule has 64 heavy (non-hydrogen) atoms. The quantitative estimate of drug-likeness (QED) is 0.0513. The Bertz CT molecular complexity index is 1120. The molecule has 0 aliphatic rings. The van der Waals surface area contributed by atoms with Crippen LogP contribution in [0.4, 0.5) is 5.69 Å². The van der Waals surface area contributed by atoms with Crippen LogP contribution in [0.25, 0.3) is 0 Å². The molecule has 0 fully saturated rings. The van der Waals surface area contributed by atoms with Crippen molar-refractivity contribution >= 4 is 17.6 Å². The van der Waals surface area contributed by atoms with Crippen LogP contribution in [0.5, 0.6) is 5.75 Å². The van der Waals surface area contributed by atoms with E-state index in [1.165, 1.54) is 77.6 Å². The summed E-state index contributed by atoms with van der Waals surface area (Å²) in [5.74, 6) is 0.467. The predicted molar refractivity (Wildman–Crippen MR) is 247 cm³/mol. The summed E-state index contributed by atoms with van der Waals surface area (Å²) in [5.41, 5.74) is 0.729. The van der Waals surface area contributed by atoms with E-state index in [1.54, 1.807) is 24.3 Å². The van der Waals surface area contributed by atoms with Crippen molar-refractivity contribution in [3.63, 3.8) is 0 Å². The zero-order valence-corrected chi connectivity index (χ0v) is 39.8. The summed E-state index contributed by atoms with van der Waals surface area (Å²) in [5, 5.41) is 2.71. The van der Waals surface area contributed by atoms with Gasteiger partial charge < -0.3 is 66.9 Å². The van der Waals surface area contributed by atoms with Gasteiger partial charge >= 0.3 is 5.97 Å². The van der Waals surface area contributed by atoms with Crippen LogP contribution in [0.1, 0.15) is 104 Å². The van der Waals surface area contributed by atoms with E-state index in [9.17, 15) is 9.59 Å². The number of carbonyl (C=O) groups is 2. The Morgan fingerprint density at radius 2 is 0.656 bits per heavy atom. The second-order valence-corrected chi connectivity index (χ2v) is 15.0. The van der Waals surface area contributed by atoms with Crippen molar-refractivity contribution in [1.29, 1.82) is 0 Å². The molecule has 1 aromatic carbocycles. The number of amides is 1. The SMILES string of the molecule is CCCCCCCCCCCCCCCC(=O)OCCOCCOCCOCCOCCOCCOCCOCCOCCOCCOCCOCCOc1ccc(NC(C)=O)cc1. The number of unbranched alkanes of at least 4 members (excludes halogenated alkanes) is 12. The molecule has 0 unspecified atom stereocenters. The van der Waals surface area contributed by atoms with Crippen molar-refractivity contribution < 1.29 is 71.2 Å². The number of carbonyl (C=O) groups excluding carboxylic acids is 2. The third-order valence-corrected chi connectivity index (χ3v) is 9.37. The lowest BCUT2D eigenvalue weighted by atomic mass is 10.0. The number of anilines is 1. The van der Waals surface area contributed by atoms with Crippen molar-refractivity contribution in [2.24, 2.45) is 0 Å². The smallest absolute Gasteiger partial charge is 0.305 e. The molecule has 16 heteroatoms. The van der Waals surface area contributed by atoms with E-state index in [4.69, 9.17) is 61.6 Å². The molecule has 0 atom stereocenters. The number of hydrogen-bond acceptors (Lipinski definition) is 15.